The van der Waals surface area contributed by atoms with Gasteiger partial charge in [0.15, 0.2) is 5.78 Å². The summed E-state index contributed by atoms with van der Waals surface area (Å²) in [5, 5.41) is 0. The summed E-state index contributed by atoms with van der Waals surface area (Å²) in [5.74, 6) is 1.77. The zero-order chi connectivity index (χ0) is 15.2. The lowest BCUT2D eigenvalue weighted by Crippen LogP contribution is -2.32. The number of hydrogen-bond acceptors (Lipinski definition) is 4. The van der Waals surface area contributed by atoms with Crippen LogP contribution in [0, 0.1) is 0 Å². The lowest BCUT2D eigenvalue weighted by molar-refractivity contribution is -0.117. The molecule has 1 aromatic rings. The number of carbonyl (C=O) groups excluding carboxylic acids is 1. The topological polar surface area (TPSA) is 38.8 Å². The van der Waals surface area contributed by atoms with Gasteiger partial charge in [-0.3, -0.25) is 4.79 Å². The standard InChI is InChI=1S/C17H23NO3/c1-4-20-15-7-6-13(17(11-15)21-5-2)10-14-12-18(3)9-8-16(14)19/h6-7,10-11H,4-5,8-9,12H2,1-3H3/b14-10+. The molecule has 1 aliphatic rings. The lowest BCUT2D eigenvalue weighted by atomic mass is 10.0. The Hall–Kier alpha value is -1.81. The number of likely N-dealkylation sites (tertiary alicyclic amines) is 1. The molecule has 1 aromatic carbocycles. The van der Waals surface area contributed by atoms with Gasteiger partial charge in [-0.25, -0.2) is 0 Å². The number of ether oxygens (including phenoxy) is 2. The molecule has 0 atom stereocenters. The lowest BCUT2D eigenvalue weighted by Gasteiger charge is -2.23. The second-order valence-electron chi connectivity index (χ2n) is 5.15. The van der Waals surface area contributed by atoms with E-state index in [2.05, 4.69) is 4.90 Å². The minimum absolute atomic E-state index is 0.226. The maximum absolute atomic E-state index is 12.0. The highest BCUT2D eigenvalue weighted by Gasteiger charge is 2.19. The molecule has 1 heterocycles. The van der Waals surface area contributed by atoms with Crippen molar-refractivity contribution in [3.8, 4) is 11.5 Å². The Bertz CT molecular complexity index is 537. The van der Waals surface area contributed by atoms with Gasteiger partial charge in [-0.2, -0.15) is 0 Å². The molecule has 1 aliphatic heterocycles. The predicted octanol–water partition coefficient (Wildman–Crippen LogP) is 2.77. The van der Waals surface area contributed by atoms with Gasteiger partial charge in [-0.05, 0) is 39.1 Å². The van der Waals surface area contributed by atoms with Crippen LogP contribution in [0.4, 0.5) is 0 Å². The molecule has 0 aliphatic carbocycles. The maximum Gasteiger partial charge on any atom is 0.161 e. The van der Waals surface area contributed by atoms with Crippen LogP contribution in [0.2, 0.25) is 0 Å². The van der Waals surface area contributed by atoms with Gasteiger partial charge >= 0.3 is 0 Å². The first-order valence-corrected chi connectivity index (χ1v) is 7.46. The van der Waals surface area contributed by atoms with E-state index in [1.54, 1.807) is 0 Å². The van der Waals surface area contributed by atoms with Gasteiger partial charge in [0.25, 0.3) is 0 Å². The molecule has 0 saturated carbocycles. The van der Waals surface area contributed by atoms with Gasteiger partial charge in [-0.15, -0.1) is 0 Å². The van der Waals surface area contributed by atoms with Crippen LogP contribution in [0.3, 0.4) is 0 Å². The Labute approximate surface area is 126 Å². The van der Waals surface area contributed by atoms with Crippen molar-refractivity contribution < 1.29 is 14.3 Å². The summed E-state index contributed by atoms with van der Waals surface area (Å²) in [5.41, 5.74) is 1.77. The second kappa shape index (κ2) is 7.27. The number of nitrogens with zero attached hydrogens (tertiary/aromatic N) is 1. The molecule has 114 valence electrons. The van der Waals surface area contributed by atoms with Crippen molar-refractivity contribution in [2.45, 2.75) is 20.3 Å². The van der Waals surface area contributed by atoms with E-state index in [-0.39, 0.29) is 5.78 Å². The van der Waals surface area contributed by atoms with Crippen LogP contribution in [-0.4, -0.2) is 44.0 Å². The molecule has 2 rings (SSSR count). The molecule has 0 unspecified atom stereocenters. The van der Waals surface area contributed by atoms with E-state index in [4.69, 9.17) is 9.47 Å². The molecule has 1 fully saturated rings. The molecule has 4 heteroatoms. The highest BCUT2D eigenvalue weighted by molar-refractivity contribution is 6.01. The van der Waals surface area contributed by atoms with E-state index in [1.807, 2.05) is 45.2 Å². The molecule has 1 saturated heterocycles. The minimum atomic E-state index is 0.226. The van der Waals surface area contributed by atoms with Gasteiger partial charge in [0.1, 0.15) is 11.5 Å². The van der Waals surface area contributed by atoms with Crippen molar-refractivity contribution in [1.82, 2.24) is 4.90 Å². The molecule has 0 amide bonds. The Kier molecular flexibility index (Phi) is 5.39. The molecular formula is C17H23NO3. The summed E-state index contributed by atoms with van der Waals surface area (Å²) in [6, 6.07) is 5.75. The SMILES string of the molecule is CCOc1ccc(/C=C2\CN(C)CCC2=O)c(OCC)c1. The zero-order valence-corrected chi connectivity index (χ0v) is 13.0. The van der Waals surface area contributed by atoms with Crippen molar-refractivity contribution >= 4 is 11.9 Å². The van der Waals surface area contributed by atoms with Crippen molar-refractivity contribution in [2.75, 3.05) is 33.4 Å². The van der Waals surface area contributed by atoms with Gasteiger partial charge in [-0.1, -0.05) is 0 Å². The number of likely N-dealkylation sites (N-methyl/N-ethyl adjacent to an activating group) is 1. The van der Waals surface area contributed by atoms with Crippen LogP contribution in [0.1, 0.15) is 25.8 Å². The Morgan fingerprint density at radius 2 is 2.00 bits per heavy atom. The summed E-state index contributed by atoms with van der Waals surface area (Å²) in [6.07, 6.45) is 2.53. The third kappa shape index (κ3) is 4.08. The highest BCUT2D eigenvalue weighted by Crippen LogP contribution is 2.28. The quantitative estimate of drug-likeness (QED) is 0.781. The predicted molar refractivity (Wildman–Crippen MR) is 83.9 cm³/mol. The number of rotatable bonds is 5. The smallest absolute Gasteiger partial charge is 0.161 e. The van der Waals surface area contributed by atoms with Crippen LogP contribution in [0.5, 0.6) is 11.5 Å². The molecule has 21 heavy (non-hydrogen) atoms. The monoisotopic (exact) mass is 289 g/mol. The number of piperidine rings is 1. The average molecular weight is 289 g/mol. The first-order valence-electron chi connectivity index (χ1n) is 7.46. The zero-order valence-electron chi connectivity index (χ0n) is 13.0. The van der Waals surface area contributed by atoms with Crippen LogP contribution in [0.15, 0.2) is 23.8 Å². The number of hydrogen-bond donors (Lipinski definition) is 0. The molecule has 0 bridgehead atoms. The Balaban J connectivity index is 2.31. The highest BCUT2D eigenvalue weighted by atomic mass is 16.5. The largest absolute Gasteiger partial charge is 0.494 e. The molecule has 0 spiro atoms. The summed E-state index contributed by atoms with van der Waals surface area (Å²) >= 11 is 0. The van der Waals surface area contributed by atoms with Gasteiger partial charge in [0.2, 0.25) is 0 Å². The Morgan fingerprint density at radius 3 is 2.71 bits per heavy atom. The molecule has 0 aromatic heterocycles. The van der Waals surface area contributed by atoms with Crippen molar-refractivity contribution in [3.63, 3.8) is 0 Å². The van der Waals surface area contributed by atoms with Crippen molar-refractivity contribution in [3.05, 3.63) is 29.3 Å². The fourth-order valence-electron chi connectivity index (χ4n) is 2.40. The van der Waals surface area contributed by atoms with E-state index >= 15 is 0 Å². The summed E-state index contributed by atoms with van der Waals surface area (Å²) < 4.78 is 11.2. The van der Waals surface area contributed by atoms with Crippen LogP contribution in [0.25, 0.3) is 6.08 Å². The normalized spacial score (nSPS) is 18.0. The third-order valence-corrected chi connectivity index (χ3v) is 3.44. The number of benzene rings is 1. The van der Waals surface area contributed by atoms with Crippen LogP contribution >= 0.6 is 0 Å². The van der Waals surface area contributed by atoms with E-state index in [1.165, 1.54) is 0 Å². The summed E-state index contributed by atoms with van der Waals surface area (Å²) in [4.78, 5) is 14.2. The third-order valence-electron chi connectivity index (χ3n) is 3.44. The summed E-state index contributed by atoms with van der Waals surface area (Å²) in [6.45, 7) is 6.63. The fourth-order valence-corrected chi connectivity index (χ4v) is 2.40. The number of carbonyl (C=O) groups is 1. The fraction of sp³-hybridized carbons (Fsp3) is 0.471. The average Bonchev–Trinajstić information content (AvgIpc) is 2.46. The molecule has 0 N–H and O–H groups in total. The van der Waals surface area contributed by atoms with Crippen molar-refractivity contribution in [2.24, 2.45) is 0 Å². The number of ketones is 1. The van der Waals surface area contributed by atoms with Crippen molar-refractivity contribution in [1.29, 1.82) is 0 Å². The Morgan fingerprint density at radius 1 is 1.24 bits per heavy atom. The second-order valence-corrected chi connectivity index (χ2v) is 5.15. The van der Waals surface area contributed by atoms with Crippen LogP contribution in [-0.2, 0) is 4.79 Å². The molecule has 0 radical (unpaired) electrons. The number of Topliss-reactive ketones (excluding diaryl/α,β-unsaturated/α-hetero) is 1. The first kappa shape index (κ1) is 15.6. The molecule has 4 nitrogen and oxygen atoms in total. The first-order chi connectivity index (χ1) is 10.1. The van der Waals surface area contributed by atoms with Gasteiger partial charge in [0, 0.05) is 36.7 Å². The van der Waals surface area contributed by atoms with E-state index in [0.717, 1.165) is 29.2 Å². The van der Waals surface area contributed by atoms with Gasteiger partial charge < -0.3 is 14.4 Å². The van der Waals surface area contributed by atoms with E-state index in [9.17, 15) is 4.79 Å². The van der Waals surface area contributed by atoms with Gasteiger partial charge in [0.05, 0.1) is 13.2 Å². The van der Waals surface area contributed by atoms with E-state index in [0.29, 0.717) is 26.2 Å². The van der Waals surface area contributed by atoms with Crippen LogP contribution < -0.4 is 9.47 Å². The minimum Gasteiger partial charge on any atom is -0.494 e. The van der Waals surface area contributed by atoms with E-state index < -0.39 is 0 Å². The molecular weight excluding hydrogens is 266 g/mol. The maximum atomic E-state index is 12.0. The summed E-state index contributed by atoms with van der Waals surface area (Å²) in [7, 11) is 2.03.